The zero-order valence-electron chi connectivity index (χ0n) is 18.9. The number of benzene rings is 3. The fourth-order valence-corrected chi connectivity index (χ4v) is 4.86. The number of halogens is 1. The second-order valence-electron chi connectivity index (χ2n) is 7.65. The number of nitriles is 1. The first-order valence-electron chi connectivity index (χ1n) is 10.8. The van der Waals surface area contributed by atoms with Gasteiger partial charge in [-0.15, -0.1) is 0 Å². The molecule has 1 aliphatic rings. The summed E-state index contributed by atoms with van der Waals surface area (Å²) >= 11 is 4.46. The van der Waals surface area contributed by atoms with E-state index in [1.807, 2.05) is 42.5 Å². The van der Waals surface area contributed by atoms with Crippen LogP contribution in [0, 0.1) is 11.3 Å². The monoisotopic (exact) mass is 548 g/mol. The smallest absolute Gasteiger partial charge is 0.293 e. The fraction of sp³-hybridized carbons (Fsp3) is 0.148. The molecule has 0 N–H and O–H groups in total. The molecule has 176 valence electrons. The van der Waals surface area contributed by atoms with Crippen molar-refractivity contribution in [3.63, 3.8) is 0 Å². The number of carbonyl (C=O) groups is 2. The van der Waals surface area contributed by atoms with Crippen LogP contribution < -0.4 is 9.47 Å². The van der Waals surface area contributed by atoms with E-state index < -0.39 is 0 Å². The minimum atomic E-state index is -0.310. The van der Waals surface area contributed by atoms with Crippen LogP contribution >= 0.6 is 27.7 Å². The number of ether oxygens (including phenoxy) is 2. The van der Waals surface area contributed by atoms with Gasteiger partial charge in [0.2, 0.25) is 0 Å². The van der Waals surface area contributed by atoms with Crippen molar-refractivity contribution in [2.75, 3.05) is 13.7 Å². The number of hydrogen-bond donors (Lipinski definition) is 0. The first-order chi connectivity index (χ1) is 17.0. The van der Waals surface area contributed by atoms with Crippen molar-refractivity contribution in [3.8, 4) is 17.6 Å². The molecule has 0 aliphatic carbocycles. The lowest BCUT2D eigenvalue weighted by Crippen LogP contribution is -2.30. The van der Waals surface area contributed by atoms with Crippen LogP contribution in [-0.4, -0.2) is 29.7 Å². The number of nitrogens with zero attached hydrogens (tertiary/aromatic N) is 2. The van der Waals surface area contributed by atoms with Crippen molar-refractivity contribution < 1.29 is 19.1 Å². The molecule has 0 bridgehead atoms. The Labute approximate surface area is 216 Å². The maximum Gasteiger partial charge on any atom is 0.293 e. The third-order valence-corrected chi connectivity index (χ3v) is 7.03. The molecule has 0 saturated carbocycles. The molecule has 4 rings (SSSR count). The largest absolute Gasteiger partial charge is 0.493 e. The zero-order chi connectivity index (χ0) is 24.8. The highest BCUT2D eigenvalue weighted by atomic mass is 79.9. The highest BCUT2D eigenvalue weighted by molar-refractivity contribution is 9.10. The van der Waals surface area contributed by atoms with Gasteiger partial charge in [-0.2, -0.15) is 5.26 Å². The van der Waals surface area contributed by atoms with Crippen LogP contribution in [0.4, 0.5) is 4.79 Å². The molecule has 3 aromatic carbocycles. The summed E-state index contributed by atoms with van der Waals surface area (Å²) in [6.07, 6.45) is 2.28. The number of amides is 2. The molecule has 2 amide bonds. The van der Waals surface area contributed by atoms with Gasteiger partial charge in [0, 0.05) is 16.6 Å². The Balaban J connectivity index is 1.50. The zero-order valence-corrected chi connectivity index (χ0v) is 21.3. The lowest BCUT2D eigenvalue weighted by atomic mass is 10.1. The Morgan fingerprint density at radius 1 is 1.06 bits per heavy atom. The molecule has 6 nitrogen and oxygen atoms in total. The van der Waals surface area contributed by atoms with Gasteiger partial charge in [0.15, 0.2) is 11.5 Å². The third kappa shape index (κ3) is 5.76. The van der Waals surface area contributed by atoms with Crippen LogP contribution in [0.1, 0.15) is 22.3 Å². The van der Waals surface area contributed by atoms with Gasteiger partial charge in [-0.1, -0.05) is 64.5 Å². The number of rotatable bonds is 8. The van der Waals surface area contributed by atoms with Gasteiger partial charge >= 0.3 is 0 Å². The molecule has 1 heterocycles. The van der Waals surface area contributed by atoms with Crippen molar-refractivity contribution in [3.05, 3.63) is 98.4 Å². The maximum atomic E-state index is 12.9. The van der Waals surface area contributed by atoms with Crippen molar-refractivity contribution >= 4 is 44.9 Å². The molecule has 0 atom stereocenters. The quantitative estimate of drug-likeness (QED) is 0.312. The van der Waals surface area contributed by atoms with E-state index in [2.05, 4.69) is 22.0 Å². The van der Waals surface area contributed by atoms with Gasteiger partial charge in [0.1, 0.15) is 6.61 Å². The van der Waals surface area contributed by atoms with E-state index in [0.29, 0.717) is 45.0 Å². The van der Waals surface area contributed by atoms with Gasteiger partial charge in [-0.3, -0.25) is 14.5 Å². The van der Waals surface area contributed by atoms with E-state index in [1.165, 1.54) is 12.0 Å². The number of thioether (sulfide) groups is 1. The van der Waals surface area contributed by atoms with Crippen molar-refractivity contribution in [1.29, 1.82) is 5.26 Å². The normalized spacial score (nSPS) is 14.3. The Kier molecular flexibility index (Phi) is 7.91. The number of methoxy groups -OCH3 is 1. The van der Waals surface area contributed by atoms with Crippen LogP contribution in [0.25, 0.3) is 6.08 Å². The Bertz CT molecular complexity index is 1330. The molecule has 1 saturated heterocycles. The van der Waals surface area contributed by atoms with Gasteiger partial charge < -0.3 is 9.47 Å². The molecule has 35 heavy (non-hydrogen) atoms. The summed E-state index contributed by atoms with van der Waals surface area (Å²) in [5, 5.41) is 9.00. The van der Waals surface area contributed by atoms with E-state index >= 15 is 0 Å². The maximum absolute atomic E-state index is 12.9. The van der Waals surface area contributed by atoms with Crippen LogP contribution in [0.2, 0.25) is 0 Å². The van der Waals surface area contributed by atoms with E-state index in [4.69, 9.17) is 9.47 Å². The highest BCUT2D eigenvalue weighted by Gasteiger charge is 2.34. The van der Waals surface area contributed by atoms with E-state index in [9.17, 15) is 14.9 Å². The first-order valence-corrected chi connectivity index (χ1v) is 12.4. The number of carbonyl (C=O) groups excluding carboxylic acids is 2. The van der Waals surface area contributed by atoms with Gasteiger partial charge in [0.25, 0.3) is 11.1 Å². The molecular formula is C27H21BrN2O4S. The fourth-order valence-electron chi connectivity index (χ4n) is 3.56. The molecule has 0 unspecified atom stereocenters. The van der Waals surface area contributed by atoms with Crippen LogP contribution in [0.5, 0.6) is 11.5 Å². The van der Waals surface area contributed by atoms with E-state index in [1.54, 1.807) is 30.3 Å². The van der Waals surface area contributed by atoms with E-state index in [-0.39, 0.29) is 17.8 Å². The molecule has 0 spiro atoms. The molecule has 0 aromatic heterocycles. The van der Waals surface area contributed by atoms with Crippen molar-refractivity contribution in [2.45, 2.75) is 13.0 Å². The average Bonchev–Trinajstić information content (AvgIpc) is 3.15. The molecule has 8 heteroatoms. The minimum absolute atomic E-state index is 0.201. The summed E-state index contributed by atoms with van der Waals surface area (Å²) in [5.41, 5.74) is 3.06. The molecule has 3 aromatic rings. The Morgan fingerprint density at radius 3 is 2.54 bits per heavy atom. The minimum Gasteiger partial charge on any atom is -0.493 e. The number of hydrogen-bond acceptors (Lipinski definition) is 6. The van der Waals surface area contributed by atoms with Crippen LogP contribution in [0.3, 0.4) is 0 Å². The summed E-state index contributed by atoms with van der Waals surface area (Å²) in [6, 6.07) is 22.6. The molecule has 1 aliphatic heterocycles. The predicted octanol–water partition coefficient (Wildman–Crippen LogP) is 6.19. The first kappa shape index (κ1) is 24.6. The molecule has 1 fully saturated rings. The van der Waals surface area contributed by atoms with Crippen LogP contribution in [0.15, 0.2) is 76.1 Å². The summed E-state index contributed by atoms with van der Waals surface area (Å²) < 4.78 is 12.1. The second-order valence-corrected chi connectivity index (χ2v) is 9.50. The highest BCUT2D eigenvalue weighted by Crippen LogP contribution is 2.38. The van der Waals surface area contributed by atoms with Crippen molar-refractivity contribution in [2.24, 2.45) is 0 Å². The SMILES string of the molecule is COc1cc(/C=C2\SC(=O)N(CCc3ccccc3)C2=O)c(Br)cc1OCc1ccccc1C#N. The van der Waals surface area contributed by atoms with Crippen molar-refractivity contribution in [1.82, 2.24) is 4.90 Å². The summed E-state index contributed by atoms with van der Waals surface area (Å²) in [4.78, 5) is 27.0. The van der Waals surface area contributed by atoms with Gasteiger partial charge in [-0.25, -0.2) is 0 Å². The number of imide groups is 1. The van der Waals surface area contributed by atoms with Gasteiger partial charge in [0.05, 0.1) is 23.6 Å². The lowest BCUT2D eigenvalue weighted by molar-refractivity contribution is -0.122. The molecule has 0 radical (unpaired) electrons. The summed E-state index contributed by atoms with van der Waals surface area (Å²) in [6.45, 7) is 0.527. The second kappa shape index (κ2) is 11.3. The van der Waals surface area contributed by atoms with Crippen LogP contribution in [-0.2, 0) is 17.8 Å². The standard InChI is InChI=1S/C27H21BrN2O4S/c1-33-23-13-21(22(28)15-24(23)34-17-20-10-6-5-9-19(20)16-29)14-25-26(31)30(27(32)35-25)12-11-18-7-3-2-4-8-18/h2-10,13-15H,11-12,17H2,1H3/b25-14-. The van der Waals surface area contributed by atoms with E-state index in [0.717, 1.165) is 22.9 Å². The predicted molar refractivity (Wildman–Crippen MR) is 139 cm³/mol. The topological polar surface area (TPSA) is 79.6 Å². The third-order valence-electron chi connectivity index (χ3n) is 5.43. The average molecular weight is 549 g/mol. The summed E-state index contributed by atoms with van der Waals surface area (Å²) in [7, 11) is 1.53. The van der Waals surface area contributed by atoms with Gasteiger partial charge in [-0.05, 0) is 53.6 Å². The summed E-state index contributed by atoms with van der Waals surface area (Å²) in [5.74, 6) is 0.646. The Morgan fingerprint density at radius 2 is 1.80 bits per heavy atom. The Hall–Kier alpha value is -3.54. The molecular weight excluding hydrogens is 528 g/mol. The lowest BCUT2D eigenvalue weighted by Gasteiger charge is -2.14.